The highest BCUT2D eigenvalue weighted by molar-refractivity contribution is 5.91. The van der Waals surface area contributed by atoms with Gasteiger partial charge in [0.25, 0.3) is 0 Å². The fourth-order valence-electron chi connectivity index (χ4n) is 3.26. The highest BCUT2D eigenvalue weighted by atomic mass is 16.4. The van der Waals surface area contributed by atoms with Gasteiger partial charge in [-0.05, 0) is 43.2 Å². The van der Waals surface area contributed by atoms with E-state index in [9.17, 15) is 9.59 Å². The third kappa shape index (κ3) is 4.19. The highest BCUT2D eigenvalue weighted by Crippen LogP contribution is 2.31. The maximum absolute atomic E-state index is 11.7. The molecule has 1 unspecified atom stereocenters. The Bertz CT molecular complexity index is 1150. The molecule has 4 N–H and O–H groups in total. The van der Waals surface area contributed by atoms with Gasteiger partial charge in [-0.3, -0.25) is 5.32 Å². The molecule has 2 aliphatic carbocycles. The number of nitrogens with zero attached hydrogens (tertiary/aromatic N) is 3. The number of pyridine rings is 1. The fourth-order valence-corrected chi connectivity index (χ4v) is 3.26. The lowest BCUT2D eigenvalue weighted by Gasteiger charge is -2.22. The van der Waals surface area contributed by atoms with Crippen molar-refractivity contribution >= 4 is 34.8 Å². The SMILES string of the molecule is CCNC(=O)Nc1ccc2ncc(NC3=CC4CC=C(C(=O)O)C=C4C=C3)nc2n1. The fraction of sp³-hybridized carbons (Fsp3) is 0.190. The first-order chi connectivity index (χ1) is 14.5. The Balaban J connectivity index is 1.50. The van der Waals surface area contributed by atoms with Crippen molar-refractivity contribution in [2.45, 2.75) is 13.3 Å². The van der Waals surface area contributed by atoms with Crippen LogP contribution in [-0.4, -0.2) is 38.6 Å². The molecule has 2 aromatic heterocycles. The molecule has 4 rings (SSSR count). The van der Waals surface area contributed by atoms with Crippen LogP contribution in [0.25, 0.3) is 11.2 Å². The molecule has 30 heavy (non-hydrogen) atoms. The quantitative estimate of drug-likeness (QED) is 0.603. The third-order valence-corrected chi connectivity index (χ3v) is 4.68. The number of hydrogen-bond donors (Lipinski definition) is 4. The summed E-state index contributed by atoms with van der Waals surface area (Å²) in [5, 5.41) is 17.7. The molecule has 0 spiro atoms. The molecule has 2 heterocycles. The summed E-state index contributed by atoms with van der Waals surface area (Å²) in [7, 11) is 0. The zero-order valence-electron chi connectivity index (χ0n) is 16.2. The largest absolute Gasteiger partial charge is 0.478 e. The zero-order valence-corrected chi connectivity index (χ0v) is 16.2. The molecule has 0 saturated carbocycles. The molecule has 1 atom stereocenters. The van der Waals surface area contributed by atoms with Crippen molar-refractivity contribution in [1.82, 2.24) is 20.3 Å². The summed E-state index contributed by atoms with van der Waals surface area (Å²) in [6.45, 7) is 2.35. The number of allylic oxidation sites excluding steroid dienone is 5. The van der Waals surface area contributed by atoms with Gasteiger partial charge in [-0.25, -0.2) is 24.5 Å². The van der Waals surface area contributed by atoms with Crippen LogP contribution in [0.2, 0.25) is 0 Å². The van der Waals surface area contributed by atoms with Gasteiger partial charge in [0.05, 0.1) is 11.8 Å². The zero-order chi connectivity index (χ0) is 21.1. The van der Waals surface area contributed by atoms with E-state index in [4.69, 9.17) is 5.11 Å². The lowest BCUT2D eigenvalue weighted by atomic mass is 9.85. The number of carboxylic acid groups (broad SMARTS) is 1. The first kappa shape index (κ1) is 19.3. The minimum atomic E-state index is -0.915. The van der Waals surface area contributed by atoms with E-state index in [-0.39, 0.29) is 11.9 Å². The summed E-state index contributed by atoms with van der Waals surface area (Å²) < 4.78 is 0. The van der Waals surface area contributed by atoms with Gasteiger partial charge >= 0.3 is 12.0 Å². The number of carboxylic acids is 1. The second kappa shape index (κ2) is 8.16. The molecule has 0 aliphatic heterocycles. The molecule has 0 saturated heterocycles. The first-order valence-corrected chi connectivity index (χ1v) is 9.52. The molecule has 0 aromatic carbocycles. The van der Waals surface area contributed by atoms with E-state index in [1.165, 1.54) is 0 Å². The van der Waals surface area contributed by atoms with Gasteiger partial charge < -0.3 is 15.7 Å². The molecule has 2 aliphatic rings. The van der Waals surface area contributed by atoms with E-state index >= 15 is 0 Å². The predicted octanol–water partition coefficient (Wildman–Crippen LogP) is 2.99. The number of aromatic nitrogens is 3. The normalized spacial score (nSPS) is 17.4. The van der Waals surface area contributed by atoms with Crippen LogP contribution in [0.4, 0.5) is 16.4 Å². The lowest BCUT2D eigenvalue weighted by molar-refractivity contribution is -0.132. The number of nitrogens with one attached hydrogen (secondary N) is 3. The molecular formula is C21H20N6O3. The van der Waals surface area contributed by atoms with Gasteiger partial charge in [-0.1, -0.05) is 18.2 Å². The van der Waals surface area contributed by atoms with Crippen molar-refractivity contribution in [2.24, 2.45) is 5.92 Å². The second-order valence-electron chi connectivity index (χ2n) is 6.81. The summed E-state index contributed by atoms with van der Waals surface area (Å²) in [4.78, 5) is 36.0. The number of rotatable bonds is 5. The van der Waals surface area contributed by atoms with Crippen LogP contribution in [-0.2, 0) is 4.79 Å². The van der Waals surface area contributed by atoms with Gasteiger partial charge in [-0.2, -0.15) is 0 Å². The van der Waals surface area contributed by atoms with Crippen molar-refractivity contribution in [1.29, 1.82) is 0 Å². The summed E-state index contributed by atoms with van der Waals surface area (Å²) in [5.74, 6) is 0.1000. The number of carbonyl (C=O) groups is 2. The van der Waals surface area contributed by atoms with E-state index in [1.54, 1.807) is 30.5 Å². The second-order valence-corrected chi connectivity index (χ2v) is 6.81. The van der Waals surface area contributed by atoms with E-state index < -0.39 is 5.97 Å². The van der Waals surface area contributed by atoms with Crippen LogP contribution in [0.5, 0.6) is 0 Å². The Labute approximate surface area is 172 Å². The summed E-state index contributed by atoms with van der Waals surface area (Å²) in [6, 6.07) is 3.08. The summed E-state index contributed by atoms with van der Waals surface area (Å²) in [5.41, 5.74) is 3.14. The molecule has 2 aromatic rings. The molecule has 0 radical (unpaired) electrons. The van der Waals surface area contributed by atoms with Crippen molar-refractivity contribution in [3.8, 4) is 0 Å². The number of carbonyl (C=O) groups excluding carboxylic acids is 1. The Morgan fingerprint density at radius 1 is 1.20 bits per heavy atom. The lowest BCUT2D eigenvalue weighted by Crippen LogP contribution is -2.28. The Morgan fingerprint density at radius 2 is 2.03 bits per heavy atom. The molecule has 9 nitrogen and oxygen atoms in total. The van der Waals surface area contributed by atoms with Gasteiger partial charge in [0.2, 0.25) is 0 Å². The maximum Gasteiger partial charge on any atom is 0.335 e. The van der Waals surface area contributed by atoms with Crippen LogP contribution in [0.15, 0.2) is 65.6 Å². The summed E-state index contributed by atoms with van der Waals surface area (Å²) >= 11 is 0. The van der Waals surface area contributed by atoms with Crippen LogP contribution in [0.3, 0.4) is 0 Å². The first-order valence-electron chi connectivity index (χ1n) is 9.52. The molecule has 0 fully saturated rings. The van der Waals surface area contributed by atoms with Gasteiger partial charge in [0, 0.05) is 18.2 Å². The van der Waals surface area contributed by atoms with Crippen LogP contribution >= 0.6 is 0 Å². The average molecular weight is 404 g/mol. The standard InChI is InChI=1S/C21H20N6O3/c1-2-22-21(30)27-17-8-7-16-19(25-17)26-18(11-23-16)24-15-6-5-12-9-14(20(28)29)4-3-13(12)10-15/h4-11,13H,2-3H2,1H3,(H,28,29)(H3,22,24,25,26,27,30). The van der Waals surface area contributed by atoms with E-state index in [1.807, 2.05) is 25.2 Å². The van der Waals surface area contributed by atoms with Crippen LogP contribution in [0.1, 0.15) is 13.3 Å². The molecule has 152 valence electrons. The summed E-state index contributed by atoms with van der Waals surface area (Å²) in [6.07, 6.45) is 11.5. The monoisotopic (exact) mass is 404 g/mol. The predicted molar refractivity (Wildman–Crippen MR) is 113 cm³/mol. The number of aliphatic carboxylic acids is 1. The van der Waals surface area contributed by atoms with Crippen molar-refractivity contribution in [3.05, 3.63) is 65.6 Å². The van der Waals surface area contributed by atoms with Crippen molar-refractivity contribution in [3.63, 3.8) is 0 Å². The van der Waals surface area contributed by atoms with Crippen molar-refractivity contribution in [2.75, 3.05) is 17.2 Å². The maximum atomic E-state index is 11.7. The van der Waals surface area contributed by atoms with Crippen LogP contribution < -0.4 is 16.0 Å². The minimum absolute atomic E-state index is 0.111. The Hall–Kier alpha value is -4.01. The Kier molecular flexibility index (Phi) is 5.25. The molecule has 9 heteroatoms. The third-order valence-electron chi connectivity index (χ3n) is 4.68. The van der Waals surface area contributed by atoms with E-state index in [0.29, 0.717) is 41.3 Å². The van der Waals surface area contributed by atoms with Gasteiger partial charge in [0.1, 0.15) is 11.3 Å². The number of amides is 2. The average Bonchev–Trinajstić information content (AvgIpc) is 2.73. The number of urea groups is 1. The Morgan fingerprint density at radius 3 is 2.83 bits per heavy atom. The highest BCUT2D eigenvalue weighted by Gasteiger charge is 2.20. The molecule has 2 amide bonds. The smallest absolute Gasteiger partial charge is 0.335 e. The number of fused-ring (bicyclic) bond motifs is 2. The van der Waals surface area contributed by atoms with E-state index in [2.05, 4.69) is 30.9 Å². The van der Waals surface area contributed by atoms with Crippen molar-refractivity contribution < 1.29 is 14.7 Å². The van der Waals surface area contributed by atoms with Crippen LogP contribution in [0, 0.1) is 5.92 Å². The van der Waals surface area contributed by atoms with Gasteiger partial charge in [-0.15, -0.1) is 0 Å². The number of anilines is 2. The molecular weight excluding hydrogens is 384 g/mol. The minimum Gasteiger partial charge on any atom is -0.478 e. The molecule has 0 bridgehead atoms. The number of hydrogen-bond acceptors (Lipinski definition) is 6. The topological polar surface area (TPSA) is 129 Å². The van der Waals surface area contributed by atoms with Gasteiger partial charge in [0.15, 0.2) is 11.5 Å². The van der Waals surface area contributed by atoms with E-state index in [0.717, 1.165) is 11.3 Å².